The molecule has 6 rings (SSSR count). The molecule has 0 unspecified atom stereocenters. The minimum atomic E-state index is 0.224. The molecule has 3 aromatic heterocycles. The summed E-state index contributed by atoms with van der Waals surface area (Å²) in [6.45, 7) is 5.38. The molecule has 6 heterocycles. The van der Waals surface area contributed by atoms with Crippen LogP contribution in [0.25, 0.3) is 17.1 Å². The molecule has 7 nitrogen and oxygen atoms in total. The summed E-state index contributed by atoms with van der Waals surface area (Å²) in [5.41, 5.74) is 1.57. The molecule has 118 valence electrons. The van der Waals surface area contributed by atoms with Crippen molar-refractivity contribution in [3.8, 4) is 11.6 Å². The van der Waals surface area contributed by atoms with Gasteiger partial charge in [0.2, 0.25) is 0 Å². The average molecular weight is 331 g/mol. The predicted octanol–water partition coefficient (Wildman–Crippen LogP) is 1.71. The molecule has 23 heavy (non-hydrogen) atoms. The Morgan fingerprint density at radius 3 is 2.83 bits per heavy atom. The maximum atomic E-state index is 6.01. The van der Waals surface area contributed by atoms with Crippen molar-refractivity contribution in [3.63, 3.8) is 0 Å². The van der Waals surface area contributed by atoms with Gasteiger partial charge in [0.25, 0.3) is 5.89 Å². The average Bonchev–Trinajstić information content (AvgIpc) is 3.22. The van der Waals surface area contributed by atoms with Crippen molar-refractivity contribution in [2.75, 3.05) is 32.7 Å². The minimum Gasteiger partial charge on any atom is -0.332 e. The van der Waals surface area contributed by atoms with Gasteiger partial charge in [-0.2, -0.15) is 10.1 Å². The van der Waals surface area contributed by atoms with Gasteiger partial charge in [-0.05, 0) is 18.2 Å². The molecule has 3 aromatic rings. The molecule has 0 saturated carbocycles. The summed E-state index contributed by atoms with van der Waals surface area (Å²) in [7, 11) is 0. The van der Waals surface area contributed by atoms with Crippen molar-refractivity contribution in [1.82, 2.24) is 29.6 Å². The van der Waals surface area contributed by atoms with E-state index in [2.05, 4.69) is 25.0 Å². The lowest BCUT2D eigenvalue weighted by molar-refractivity contribution is 0.00781. The van der Waals surface area contributed by atoms with Gasteiger partial charge in [0.15, 0.2) is 11.5 Å². The maximum absolute atomic E-state index is 6.01. The van der Waals surface area contributed by atoms with Gasteiger partial charge in [-0.25, -0.2) is 4.52 Å². The van der Waals surface area contributed by atoms with Crippen LogP contribution in [0.15, 0.2) is 28.9 Å². The van der Waals surface area contributed by atoms with Gasteiger partial charge in [0.1, 0.15) is 0 Å². The van der Waals surface area contributed by atoms with E-state index < -0.39 is 0 Å². The van der Waals surface area contributed by atoms with Crippen LogP contribution in [0.5, 0.6) is 0 Å². The third-order valence-electron chi connectivity index (χ3n) is 4.66. The first-order chi connectivity index (χ1) is 11.3. The predicted molar refractivity (Wildman–Crippen MR) is 84.2 cm³/mol. The first-order valence-corrected chi connectivity index (χ1v) is 8.09. The highest BCUT2D eigenvalue weighted by molar-refractivity contribution is 6.30. The molecule has 2 bridgehead atoms. The second-order valence-corrected chi connectivity index (χ2v) is 6.49. The monoisotopic (exact) mass is 330 g/mol. The highest BCUT2D eigenvalue weighted by atomic mass is 35.5. The Morgan fingerprint density at radius 1 is 1.17 bits per heavy atom. The quantitative estimate of drug-likeness (QED) is 0.713. The number of hydrogen-bond acceptors (Lipinski definition) is 6. The van der Waals surface area contributed by atoms with E-state index >= 15 is 0 Å². The topological polar surface area (TPSA) is 62.7 Å². The van der Waals surface area contributed by atoms with E-state index in [1.807, 2.05) is 18.3 Å². The molecule has 0 spiro atoms. The van der Waals surface area contributed by atoms with Crippen LogP contribution in [0, 0.1) is 0 Å². The molecule has 0 N–H and O–H groups in total. The fraction of sp³-hybridized carbons (Fsp3) is 0.400. The van der Waals surface area contributed by atoms with Crippen LogP contribution in [-0.4, -0.2) is 62.3 Å². The Hall–Kier alpha value is -1.96. The number of rotatable bonds is 2. The van der Waals surface area contributed by atoms with Crippen molar-refractivity contribution in [2.24, 2.45) is 0 Å². The molecule has 8 heteroatoms. The van der Waals surface area contributed by atoms with Gasteiger partial charge < -0.3 is 4.52 Å². The van der Waals surface area contributed by atoms with E-state index in [1.54, 1.807) is 10.6 Å². The van der Waals surface area contributed by atoms with Gasteiger partial charge >= 0.3 is 0 Å². The second-order valence-electron chi connectivity index (χ2n) is 6.05. The van der Waals surface area contributed by atoms with Gasteiger partial charge in [-0.1, -0.05) is 16.8 Å². The van der Waals surface area contributed by atoms with Crippen LogP contribution < -0.4 is 0 Å². The number of aromatic nitrogens is 4. The number of hydrogen-bond donors (Lipinski definition) is 0. The van der Waals surface area contributed by atoms with Gasteiger partial charge in [0, 0.05) is 43.9 Å². The Bertz CT molecular complexity index is 866. The Morgan fingerprint density at radius 2 is 2.04 bits per heavy atom. The van der Waals surface area contributed by atoms with E-state index in [9.17, 15) is 0 Å². The van der Waals surface area contributed by atoms with Crippen LogP contribution in [-0.2, 0) is 0 Å². The SMILES string of the molecule is Clc1ccn2nc(-c3nc([C@H]4CN5CCN4CC5)no3)cc2c1. The summed E-state index contributed by atoms with van der Waals surface area (Å²) >= 11 is 6.01. The largest absolute Gasteiger partial charge is 0.332 e. The number of nitrogens with zero attached hydrogens (tertiary/aromatic N) is 6. The first-order valence-electron chi connectivity index (χ1n) is 7.71. The van der Waals surface area contributed by atoms with E-state index in [1.165, 1.54) is 0 Å². The van der Waals surface area contributed by atoms with Crippen molar-refractivity contribution >= 4 is 17.1 Å². The highest BCUT2D eigenvalue weighted by Crippen LogP contribution is 2.28. The van der Waals surface area contributed by atoms with Crippen LogP contribution in [0.2, 0.25) is 5.02 Å². The summed E-state index contributed by atoms with van der Waals surface area (Å²) < 4.78 is 7.21. The third-order valence-corrected chi connectivity index (χ3v) is 4.90. The molecule has 3 fully saturated rings. The highest BCUT2D eigenvalue weighted by Gasteiger charge is 2.35. The van der Waals surface area contributed by atoms with Gasteiger partial charge in [-0.3, -0.25) is 9.80 Å². The lowest BCUT2D eigenvalue weighted by atomic mass is 10.1. The maximum Gasteiger partial charge on any atom is 0.278 e. The Balaban J connectivity index is 1.48. The van der Waals surface area contributed by atoms with Crippen LogP contribution >= 0.6 is 11.6 Å². The molecule has 0 aromatic carbocycles. The zero-order chi connectivity index (χ0) is 15.4. The van der Waals surface area contributed by atoms with E-state index in [-0.39, 0.29) is 6.04 Å². The molecule has 0 aliphatic carbocycles. The van der Waals surface area contributed by atoms with E-state index in [0.717, 1.165) is 44.1 Å². The Kier molecular flexibility index (Phi) is 2.94. The van der Waals surface area contributed by atoms with Gasteiger partial charge in [0.05, 0.1) is 11.6 Å². The normalized spacial score (nSPS) is 26.9. The number of halogens is 1. The minimum absolute atomic E-state index is 0.224. The molecule has 1 atom stereocenters. The molecule has 0 radical (unpaired) electrons. The summed E-state index contributed by atoms with van der Waals surface area (Å²) in [5.74, 6) is 1.21. The molecular formula is C15H15ClN6O. The number of pyridine rings is 1. The second kappa shape index (κ2) is 5.02. The summed E-state index contributed by atoms with van der Waals surface area (Å²) in [6, 6.07) is 5.78. The zero-order valence-electron chi connectivity index (χ0n) is 12.4. The standard InChI is InChI=1S/C15H15ClN6O/c16-10-1-2-22-11(7-10)8-12(18-22)15-17-14(19-23-15)13-9-20-3-5-21(13)6-4-20/h1-2,7-8,13H,3-6,9H2/t13-/m1/s1. The third kappa shape index (κ3) is 2.23. The summed E-state index contributed by atoms with van der Waals surface area (Å²) in [5, 5.41) is 9.34. The summed E-state index contributed by atoms with van der Waals surface area (Å²) in [6.07, 6.45) is 1.82. The van der Waals surface area contributed by atoms with Gasteiger partial charge in [-0.15, -0.1) is 0 Å². The van der Waals surface area contributed by atoms with E-state index in [0.29, 0.717) is 16.6 Å². The molecular weight excluding hydrogens is 316 g/mol. The van der Waals surface area contributed by atoms with Crippen LogP contribution in [0.3, 0.4) is 0 Å². The van der Waals surface area contributed by atoms with Crippen LogP contribution in [0.1, 0.15) is 11.9 Å². The molecule has 3 aliphatic rings. The lowest BCUT2D eigenvalue weighted by Crippen LogP contribution is -2.57. The molecule has 3 aliphatic heterocycles. The van der Waals surface area contributed by atoms with Crippen molar-refractivity contribution in [1.29, 1.82) is 0 Å². The lowest BCUT2D eigenvalue weighted by Gasteiger charge is -2.46. The smallest absolute Gasteiger partial charge is 0.278 e. The molecule has 0 amide bonds. The van der Waals surface area contributed by atoms with Crippen LogP contribution in [0.4, 0.5) is 0 Å². The molecule has 3 saturated heterocycles. The van der Waals surface area contributed by atoms with E-state index in [4.69, 9.17) is 16.1 Å². The van der Waals surface area contributed by atoms with Crippen molar-refractivity contribution in [3.05, 3.63) is 35.2 Å². The first kappa shape index (κ1) is 13.5. The Labute approximate surface area is 137 Å². The zero-order valence-corrected chi connectivity index (χ0v) is 13.1. The summed E-state index contributed by atoms with van der Waals surface area (Å²) in [4.78, 5) is 9.47. The number of fused-ring (bicyclic) bond motifs is 4. The number of piperazine rings is 3. The fourth-order valence-corrected chi connectivity index (χ4v) is 3.58. The van der Waals surface area contributed by atoms with Crippen molar-refractivity contribution in [2.45, 2.75) is 6.04 Å². The van der Waals surface area contributed by atoms with Crippen molar-refractivity contribution < 1.29 is 4.52 Å². The fourth-order valence-electron chi connectivity index (χ4n) is 3.41.